The first-order valence-electron chi connectivity index (χ1n) is 5.51. The van der Waals surface area contributed by atoms with Gasteiger partial charge in [0.25, 0.3) is 0 Å². The predicted octanol–water partition coefficient (Wildman–Crippen LogP) is 3.98. The first-order valence-corrected chi connectivity index (χ1v) is 5.89. The summed E-state index contributed by atoms with van der Waals surface area (Å²) in [6.45, 7) is 3.91. The molecule has 1 aromatic heterocycles. The maximum absolute atomic E-state index is 11.9. The van der Waals surface area contributed by atoms with Gasteiger partial charge in [-0.15, -0.1) is 0 Å². The number of ketones is 1. The van der Waals surface area contributed by atoms with E-state index in [4.69, 9.17) is 11.6 Å². The molecule has 1 heterocycles. The predicted molar refractivity (Wildman–Crippen MR) is 67.3 cm³/mol. The average Bonchev–Trinajstić information content (AvgIpc) is 2.68. The Bertz CT molecular complexity index is 542. The number of para-hydroxylation sites is 1. The summed E-state index contributed by atoms with van der Waals surface area (Å²) in [5.41, 5.74) is 2.66. The fourth-order valence-corrected chi connectivity index (χ4v) is 2.22. The van der Waals surface area contributed by atoms with E-state index >= 15 is 0 Å². The number of benzene rings is 1. The van der Waals surface area contributed by atoms with Crippen LogP contribution in [-0.4, -0.2) is 10.8 Å². The van der Waals surface area contributed by atoms with Gasteiger partial charge in [-0.05, 0) is 12.5 Å². The molecule has 0 fully saturated rings. The Kier molecular flexibility index (Phi) is 3.01. The van der Waals surface area contributed by atoms with Crippen LogP contribution in [0.15, 0.2) is 18.2 Å². The number of carbonyl (C=O) groups excluding carboxylic acids is 1. The molecule has 0 aliphatic rings. The summed E-state index contributed by atoms with van der Waals surface area (Å²) in [6, 6.07) is 5.66. The number of H-pyrrole nitrogens is 1. The molecular weight excluding hydrogens is 222 g/mol. The molecule has 84 valence electrons. The summed E-state index contributed by atoms with van der Waals surface area (Å²) in [6.07, 6.45) is 1.33. The summed E-state index contributed by atoms with van der Waals surface area (Å²) in [5, 5.41) is 1.61. The Morgan fingerprint density at radius 2 is 2.12 bits per heavy atom. The maximum atomic E-state index is 11.9. The standard InChI is InChI=1S/C13H14ClNO/c1-3-10-12(11(16)4-2)8-6-5-7-9(14)13(8)15-10/h5-7,15H,3-4H2,1-2H3. The third-order valence-electron chi connectivity index (χ3n) is 2.81. The van der Waals surface area contributed by atoms with Crippen molar-refractivity contribution in [3.63, 3.8) is 0 Å². The second-order valence-corrected chi connectivity index (χ2v) is 4.18. The number of nitrogens with one attached hydrogen (secondary N) is 1. The lowest BCUT2D eigenvalue weighted by Gasteiger charge is -1.99. The summed E-state index contributed by atoms with van der Waals surface area (Å²) in [4.78, 5) is 15.2. The van der Waals surface area contributed by atoms with Gasteiger partial charge in [0.05, 0.1) is 10.5 Å². The zero-order chi connectivity index (χ0) is 11.7. The van der Waals surface area contributed by atoms with E-state index in [1.807, 2.05) is 32.0 Å². The lowest BCUT2D eigenvalue weighted by molar-refractivity contribution is 0.0989. The Morgan fingerprint density at radius 3 is 2.75 bits per heavy atom. The van der Waals surface area contributed by atoms with Crippen LogP contribution in [0.1, 0.15) is 36.3 Å². The second-order valence-electron chi connectivity index (χ2n) is 3.77. The molecule has 0 saturated carbocycles. The highest BCUT2D eigenvalue weighted by Crippen LogP contribution is 2.29. The first kappa shape index (κ1) is 11.2. The lowest BCUT2D eigenvalue weighted by atomic mass is 10.0. The van der Waals surface area contributed by atoms with Gasteiger partial charge in [0, 0.05) is 23.1 Å². The Hall–Kier alpha value is -1.28. The van der Waals surface area contributed by atoms with E-state index < -0.39 is 0 Å². The number of carbonyl (C=O) groups is 1. The Balaban J connectivity index is 2.78. The average molecular weight is 236 g/mol. The van der Waals surface area contributed by atoms with Crippen LogP contribution in [-0.2, 0) is 6.42 Å². The molecule has 0 aliphatic heterocycles. The molecule has 16 heavy (non-hydrogen) atoms. The van der Waals surface area contributed by atoms with Crippen LogP contribution in [0.5, 0.6) is 0 Å². The molecule has 0 atom stereocenters. The fraction of sp³-hybridized carbons (Fsp3) is 0.308. The molecule has 0 amide bonds. The van der Waals surface area contributed by atoms with E-state index in [-0.39, 0.29) is 5.78 Å². The topological polar surface area (TPSA) is 32.9 Å². The quantitative estimate of drug-likeness (QED) is 0.802. The molecule has 0 bridgehead atoms. The molecule has 1 aromatic carbocycles. The molecular formula is C13H14ClNO. The second kappa shape index (κ2) is 4.30. The number of hydrogen-bond acceptors (Lipinski definition) is 1. The van der Waals surface area contributed by atoms with Crippen molar-refractivity contribution in [1.29, 1.82) is 0 Å². The van der Waals surface area contributed by atoms with E-state index in [0.717, 1.165) is 28.6 Å². The van der Waals surface area contributed by atoms with Crippen molar-refractivity contribution in [3.05, 3.63) is 34.5 Å². The van der Waals surface area contributed by atoms with Gasteiger partial charge in [-0.3, -0.25) is 4.79 Å². The molecule has 1 N–H and O–H groups in total. The minimum absolute atomic E-state index is 0.172. The van der Waals surface area contributed by atoms with Crippen LogP contribution < -0.4 is 0 Å². The van der Waals surface area contributed by atoms with Crippen LogP contribution in [0.3, 0.4) is 0 Å². The largest absolute Gasteiger partial charge is 0.357 e. The smallest absolute Gasteiger partial charge is 0.165 e. The minimum Gasteiger partial charge on any atom is -0.357 e. The Labute approximate surface area is 99.6 Å². The molecule has 2 rings (SSSR count). The van der Waals surface area contributed by atoms with Gasteiger partial charge in [-0.25, -0.2) is 0 Å². The highest BCUT2D eigenvalue weighted by molar-refractivity contribution is 6.35. The number of halogens is 1. The zero-order valence-corrected chi connectivity index (χ0v) is 10.2. The van der Waals surface area contributed by atoms with E-state index in [1.54, 1.807) is 0 Å². The molecule has 0 unspecified atom stereocenters. The number of aromatic nitrogens is 1. The Morgan fingerprint density at radius 1 is 1.38 bits per heavy atom. The SMILES string of the molecule is CCC(=O)c1c(CC)[nH]c2c(Cl)cccc12. The van der Waals surface area contributed by atoms with Gasteiger partial charge in [-0.1, -0.05) is 37.6 Å². The number of aromatic amines is 1. The summed E-state index contributed by atoms with van der Waals surface area (Å²) < 4.78 is 0. The number of fused-ring (bicyclic) bond motifs is 1. The van der Waals surface area contributed by atoms with Gasteiger partial charge < -0.3 is 4.98 Å². The third kappa shape index (κ3) is 1.63. The monoisotopic (exact) mass is 235 g/mol. The lowest BCUT2D eigenvalue weighted by Crippen LogP contribution is -1.99. The third-order valence-corrected chi connectivity index (χ3v) is 3.13. The zero-order valence-electron chi connectivity index (χ0n) is 9.43. The fourth-order valence-electron chi connectivity index (χ4n) is 2.00. The summed E-state index contributed by atoms with van der Waals surface area (Å²) >= 11 is 6.10. The van der Waals surface area contributed by atoms with Gasteiger partial charge >= 0.3 is 0 Å². The van der Waals surface area contributed by atoms with E-state index in [9.17, 15) is 4.79 Å². The van der Waals surface area contributed by atoms with Crippen molar-refractivity contribution in [2.24, 2.45) is 0 Å². The molecule has 2 nitrogen and oxygen atoms in total. The highest BCUT2D eigenvalue weighted by atomic mass is 35.5. The van der Waals surface area contributed by atoms with Crippen LogP contribution >= 0.6 is 11.6 Å². The first-order chi connectivity index (χ1) is 7.69. The van der Waals surface area contributed by atoms with Crippen molar-refractivity contribution >= 4 is 28.3 Å². The van der Waals surface area contributed by atoms with Crippen molar-refractivity contribution in [2.45, 2.75) is 26.7 Å². The van der Waals surface area contributed by atoms with Crippen molar-refractivity contribution < 1.29 is 4.79 Å². The van der Waals surface area contributed by atoms with Crippen molar-refractivity contribution in [2.75, 3.05) is 0 Å². The normalized spacial score (nSPS) is 10.9. The van der Waals surface area contributed by atoms with Gasteiger partial charge in [0.2, 0.25) is 0 Å². The van der Waals surface area contributed by atoms with Crippen molar-refractivity contribution in [1.82, 2.24) is 4.98 Å². The molecule has 0 saturated heterocycles. The molecule has 0 spiro atoms. The van der Waals surface area contributed by atoms with Gasteiger partial charge in [-0.2, -0.15) is 0 Å². The van der Waals surface area contributed by atoms with Gasteiger partial charge in [0.1, 0.15) is 0 Å². The number of rotatable bonds is 3. The number of aryl methyl sites for hydroxylation is 1. The molecule has 0 aliphatic carbocycles. The number of Topliss-reactive ketones (excluding diaryl/α,β-unsaturated/α-hetero) is 1. The molecule has 0 radical (unpaired) electrons. The molecule has 2 aromatic rings. The van der Waals surface area contributed by atoms with Crippen LogP contribution in [0, 0.1) is 0 Å². The minimum atomic E-state index is 0.172. The van der Waals surface area contributed by atoms with E-state index in [1.165, 1.54) is 0 Å². The summed E-state index contributed by atoms with van der Waals surface area (Å²) in [7, 11) is 0. The maximum Gasteiger partial charge on any atom is 0.165 e. The number of hydrogen-bond donors (Lipinski definition) is 1. The van der Waals surface area contributed by atoms with Crippen LogP contribution in [0.4, 0.5) is 0 Å². The van der Waals surface area contributed by atoms with E-state index in [2.05, 4.69) is 4.98 Å². The molecule has 3 heteroatoms. The van der Waals surface area contributed by atoms with Crippen LogP contribution in [0.25, 0.3) is 10.9 Å². The van der Waals surface area contributed by atoms with Crippen molar-refractivity contribution in [3.8, 4) is 0 Å². The van der Waals surface area contributed by atoms with E-state index in [0.29, 0.717) is 11.4 Å². The van der Waals surface area contributed by atoms with Gasteiger partial charge in [0.15, 0.2) is 5.78 Å². The summed E-state index contributed by atoms with van der Waals surface area (Å²) in [5.74, 6) is 0.172. The van der Waals surface area contributed by atoms with Crippen LogP contribution in [0.2, 0.25) is 5.02 Å². The highest BCUT2D eigenvalue weighted by Gasteiger charge is 2.16.